The molecule has 0 radical (unpaired) electrons. The fourth-order valence-corrected chi connectivity index (χ4v) is 6.87. The van der Waals surface area contributed by atoms with Crippen LogP contribution < -0.4 is 10.5 Å². The van der Waals surface area contributed by atoms with Crippen LogP contribution in [-0.2, 0) is 27.2 Å². The molecule has 2 fully saturated rings. The van der Waals surface area contributed by atoms with Gasteiger partial charge in [0.25, 0.3) is 5.91 Å². The number of carbonyl (C=O) groups is 2. The summed E-state index contributed by atoms with van der Waals surface area (Å²) < 4.78 is 12.4. The largest absolute Gasteiger partial charge is 0.492 e. The molecule has 0 unspecified atom stereocenters. The summed E-state index contributed by atoms with van der Waals surface area (Å²) in [4.78, 5) is 29.2. The van der Waals surface area contributed by atoms with Crippen molar-refractivity contribution in [1.82, 2.24) is 9.80 Å². The average molecular weight is 638 g/mol. The van der Waals surface area contributed by atoms with Crippen LogP contribution in [0.2, 0.25) is 0 Å². The summed E-state index contributed by atoms with van der Waals surface area (Å²) in [6.45, 7) is 5.25. The minimum atomic E-state index is -0.359. The molecule has 2 heterocycles. The van der Waals surface area contributed by atoms with Crippen LogP contribution in [0.1, 0.15) is 16.7 Å². The number of nitrogens with zero attached hydrogens (tertiary/aromatic N) is 2. The Morgan fingerprint density at radius 2 is 1.69 bits per heavy atom. The molecule has 0 aliphatic carbocycles. The van der Waals surface area contributed by atoms with E-state index in [0.717, 1.165) is 71.8 Å². The minimum Gasteiger partial charge on any atom is -0.492 e. The Labute approximate surface area is 273 Å². The van der Waals surface area contributed by atoms with Crippen LogP contribution >= 0.6 is 24.0 Å². The minimum absolute atomic E-state index is 0.0894. The van der Waals surface area contributed by atoms with E-state index in [1.807, 2.05) is 54.6 Å². The van der Waals surface area contributed by atoms with Gasteiger partial charge in [-0.1, -0.05) is 90.7 Å². The van der Waals surface area contributed by atoms with Gasteiger partial charge in [0.2, 0.25) is 5.91 Å². The lowest BCUT2D eigenvalue weighted by Crippen LogP contribution is -2.38. The topological polar surface area (TPSA) is 85.1 Å². The van der Waals surface area contributed by atoms with Gasteiger partial charge in [-0.2, -0.15) is 0 Å². The van der Waals surface area contributed by atoms with E-state index in [2.05, 4.69) is 41.3 Å². The molecule has 0 bridgehead atoms. The first-order chi connectivity index (χ1) is 21.9. The number of hydrogen-bond acceptors (Lipinski definition) is 7. The number of primary amides is 1. The Hall–Kier alpha value is -4.02. The molecule has 45 heavy (non-hydrogen) atoms. The standard InChI is InChI=1S/C36H35N3O4S2/c37-34(40)23-26-7-5-25(6-8-26)13-14-39-35(41)33(45-36(39)44)22-27-9-12-32(43-20-17-38-15-18-42-19-16-38)31(21-27)30-11-10-28-3-1-2-4-29(28)24-30/h1-12,21-22,24H,13-20,23H2,(H2,37,40)/b33-22-. The summed E-state index contributed by atoms with van der Waals surface area (Å²) in [5.41, 5.74) is 10.2. The molecule has 0 aromatic heterocycles. The zero-order valence-electron chi connectivity index (χ0n) is 24.9. The van der Waals surface area contributed by atoms with Gasteiger partial charge in [0.05, 0.1) is 24.5 Å². The molecular weight excluding hydrogens is 603 g/mol. The van der Waals surface area contributed by atoms with E-state index >= 15 is 0 Å². The van der Waals surface area contributed by atoms with Crippen LogP contribution in [0.5, 0.6) is 5.75 Å². The van der Waals surface area contributed by atoms with Gasteiger partial charge in [-0.25, -0.2) is 0 Å². The lowest BCUT2D eigenvalue weighted by atomic mass is 9.98. The first kappa shape index (κ1) is 31.0. The van der Waals surface area contributed by atoms with Crippen molar-refractivity contribution >= 4 is 57.0 Å². The maximum Gasteiger partial charge on any atom is 0.266 e. The van der Waals surface area contributed by atoms with Gasteiger partial charge in [-0.15, -0.1) is 0 Å². The average Bonchev–Trinajstić information content (AvgIpc) is 3.32. The number of morpholine rings is 1. The highest BCUT2D eigenvalue weighted by Gasteiger charge is 2.31. The molecule has 0 saturated carbocycles. The van der Waals surface area contributed by atoms with Crippen molar-refractivity contribution in [3.8, 4) is 16.9 Å². The van der Waals surface area contributed by atoms with Crippen molar-refractivity contribution in [2.24, 2.45) is 5.73 Å². The number of nitrogens with two attached hydrogens (primary N) is 1. The Balaban J connectivity index is 1.20. The van der Waals surface area contributed by atoms with E-state index < -0.39 is 0 Å². The number of benzene rings is 4. The summed E-state index contributed by atoms with van der Waals surface area (Å²) in [6.07, 6.45) is 2.78. The molecule has 2 aliphatic rings. The van der Waals surface area contributed by atoms with E-state index in [9.17, 15) is 9.59 Å². The molecule has 7 nitrogen and oxygen atoms in total. The Morgan fingerprint density at radius 1 is 0.933 bits per heavy atom. The number of hydrogen-bond donors (Lipinski definition) is 1. The second-order valence-electron chi connectivity index (χ2n) is 11.2. The zero-order chi connectivity index (χ0) is 31.2. The normalized spacial score (nSPS) is 16.5. The highest BCUT2D eigenvalue weighted by atomic mass is 32.2. The molecule has 2 amide bonds. The van der Waals surface area contributed by atoms with Crippen LogP contribution in [0.15, 0.2) is 89.8 Å². The molecule has 0 atom stereocenters. The van der Waals surface area contributed by atoms with Crippen molar-refractivity contribution in [2.75, 3.05) is 46.0 Å². The molecule has 9 heteroatoms. The van der Waals surface area contributed by atoms with Crippen molar-refractivity contribution in [1.29, 1.82) is 0 Å². The molecule has 2 saturated heterocycles. The van der Waals surface area contributed by atoms with Crippen molar-refractivity contribution in [2.45, 2.75) is 12.8 Å². The third-order valence-electron chi connectivity index (χ3n) is 8.03. The third-order valence-corrected chi connectivity index (χ3v) is 9.41. The van der Waals surface area contributed by atoms with Crippen molar-refractivity contribution < 1.29 is 19.1 Å². The molecule has 2 N–H and O–H groups in total. The number of fused-ring (bicyclic) bond motifs is 1. The Bertz CT molecular complexity index is 1750. The van der Waals surface area contributed by atoms with Crippen molar-refractivity contribution in [3.05, 3.63) is 107 Å². The van der Waals surface area contributed by atoms with Gasteiger partial charge in [0.15, 0.2) is 0 Å². The van der Waals surface area contributed by atoms with Gasteiger partial charge in [-0.3, -0.25) is 19.4 Å². The number of ether oxygens (including phenoxy) is 2. The Morgan fingerprint density at radius 3 is 2.47 bits per heavy atom. The van der Waals surface area contributed by atoms with Gasteiger partial charge in [-0.05, 0) is 63.7 Å². The summed E-state index contributed by atoms with van der Waals surface area (Å²) >= 11 is 6.94. The predicted octanol–water partition coefficient (Wildman–Crippen LogP) is 5.69. The van der Waals surface area contributed by atoms with Gasteiger partial charge < -0.3 is 15.2 Å². The first-order valence-electron chi connectivity index (χ1n) is 15.1. The van der Waals surface area contributed by atoms with Crippen molar-refractivity contribution in [3.63, 3.8) is 0 Å². The molecule has 0 spiro atoms. The lowest BCUT2D eigenvalue weighted by molar-refractivity contribution is -0.122. The number of rotatable bonds is 11. The van der Waals surface area contributed by atoms with Crippen LogP contribution in [0, 0.1) is 0 Å². The SMILES string of the molecule is NC(=O)Cc1ccc(CCN2C(=O)/C(=C/c3ccc(OCCN4CCOCC4)c(-c4ccc5ccccc5c4)c3)SC2=S)cc1. The maximum atomic E-state index is 13.4. The van der Waals surface area contributed by atoms with Crippen LogP contribution in [-0.4, -0.2) is 71.9 Å². The monoisotopic (exact) mass is 637 g/mol. The molecule has 6 rings (SSSR count). The fraction of sp³-hybridized carbons (Fsp3) is 0.250. The van der Waals surface area contributed by atoms with Crippen LogP contribution in [0.3, 0.4) is 0 Å². The molecule has 2 aliphatic heterocycles. The highest BCUT2D eigenvalue weighted by Crippen LogP contribution is 2.36. The Kier molecular flexibility index (Phi) is 9.91. The lowest BCUT2D eigenvalue weighted by Gasteiger charge is -2.26. The number of thiocarbonyl (C=S) groups is 1. The summed E-state index contributed by atoms with van der Waals surface area (Å²) in [6, 6.07) is 28.5. The smallest absolute Gasteiger partial charge is 0.266 e. The van der Waals surface area contributed by atoms with E-state index in [-0.39, 0.29) is 18.2 Å². The number of carbonyl (C=O) groups excluding carboxylic acids is 2. The van der Waals surface area contributed by atoms with Crippen LogP contribution in [0.4, 0.5) is 0 Å². The zero-order valence-corrected chi connectivity index (χ0v) is 26.6. The number of thioether (sulfide) groups is 1. The van der Waals surface area contributed by atoms with Gasteiger partial charge >= 0.3 is 0 Å². The summed E-state index contributed by atoms with van der Waals surface area (Å²) in [7, 11) is 0. The molecular formula is C36H35N3O4S2. The van der Waals surface area contributed by atoms with E-state index in [1.54, 1.807) is 4.90 Å². The number of amides is 2. The van der Waals surface area contributed by atoms with Gasteiger partial charge in [0, 0.05) is 31.7 Å². The van der Waals surface area contributed by atoms with E-state index in [0.29, 0.717) is 28.8 Å². The van der Waals surface area contributed by atoms with Gasteiger partial charge in [0.1, 0.15) is 16.7 Å². The maximum absolute atomic E-state index is 13.4. The highest BCUT2D eigenvalue weighted by molar-refractivity contribution is 8.26. The molecule has 4 aromatic rings. The third kappa shape index (κ3) is 7.80. The quantitative estimate of drug-likeness (QED) is 0.167. The predicted molar refractivity (Wildman–Crippen MR) is 185 cm³/mol. The molecule has 4 aromatic carbocycles. The summed E-state index contributed by atoms with van der Waals surface area (Å²) in [5.74, 6) is 0.362. The summed E-state index contributed by atoms with van der Waals surface area (Å²) in [5, 5.41) is 2.33. The second-order valence-corrected chi connectivity index (χ2v) is 12.8. The molecule has 230 valence electrons. The van der Waals surface area contributed by atoms with Crippen LogP contribution in [0.25, 0.3) is 28.0 Å². The first-order valence-corrected chi connectivity index (χ1v) is 16.3. The van der Waals surface area contributed by atoms with E-state index in [4.69, 9.17) is 27.4 Å². The fourth-order valence-electron chi connectivity index (χ4n) is 5.57. The second kappa shape index (κ2) is 14.4. The van der Waals surface area contributed by atoms with E-state index in [1.165, 1.54) is 17.1 Å².